The van der Waals surface area contributed by atoms with Crippen molar-refractivity contribution in [3.8, 4) is 5.75 Å². The van der Waals surface area contributed by atoms with E-state index in [4.69, 9.17) is 4.74 Å². The largest absolute Gasteiger partial charge is 0.494 e. The van der Waals surface area contributed by atoms with Crippen LogP contribution in [-0.2, 0) is 16.4 Å². The summed E-state index contributed by atoms with van der Waals surface area (Å²) in [6, 6.07) is 4.85. The van der Waals surface area contributed by atoms with Gasteiger partial charge in [0.15, 0.2) is 21.4 Å². The van der Waals surface area contributed by atoms with E-state index in [1.54, 1.807) is 18.2 Å². The summed E-state index contributed by atoms with van der Waals surface area (Å²) in [6.07, 6.45) is 0.591. The molecule has 1 unspecified atom stereocenters. The van der Waals surface area contributed by atoms with Crippen LogP contribution in [0.4, 0.5) is 4.39 Å². The summed E-state index contributed by atoms with van der Waals surface area (Å²) in [7, 11) is -1.49. The lowest BCUT2D eigenvalue weighted by molar-refractivity contribution is 0.382. The van der Waals surface area contributed by atoms with Crippen LogP contribution in [0.1, 0.15) is 12.0 Å². The molecule has 1 saturated heterocycles. The van der Waals surface area contributed by atoms with E-state index in [0.717, 1.165) is 0 Å². The third-order valence-electron chi connectivity index (χ3n) is 3.08. The molecule has 0 spiro atoms. The maximum atomic E-state index is 13.8. The lowest BCUT2D eigenvalue weighted by atomic mass is 10.1. The molecule has 4 nitrogen and oxygen atoms in total. The normalized spacial score (nSPS) is 22.0. The van der Waals surface area contributed by atoms with E-state index < -0.39 is 15.7 Å². The third kappa shape index (κ3) is 3.00. The first kappa shape index (κ1) is 13.3. The minimum Gasteiger partial charge on any atom is -0.494 e. The number of benzene rings is 1. The predicted octanol–water partition coefficient (Wildman–Crippen LogP) is 1.11. The molecule has 1 aromatic rings. The van der Waals surface area contributed by atoms with Crippen LogP contribution in [0.5, 0.6) is 5.75 Å². The van der Waals surface area contributed by atoms with Crippen molar-refractivity contribution < 1.29 is 17.5 Å². The minimum atomic E-state index is -2.90. The summed E-state index contributed by atoms with van der Waals surface area (Å²) in [6.45, 7) is 0.309. The van der Waals surface area contributed by atoms with Gasteiger partial charge in [-0.2, -0.15) is 0 Å². The third-order valence-corrected chi connectivity index (χ3v) is 4.84. The van der Waals surface area contributed by atoms with Crippen LogP contribution in [0.15, 0.2) is 18.2 Å². The monoisotopic (exact) mass is 273 g/mol. The molecule has 1 aliphatic rings. The van der Waals surface area contributed by atoms with Crippen molar-refractivity contribution in [3.05, 3.63) is 29.6 Å². The molecule has 0 bridgehead atoms. The van der Waals surface area contributed by atoms with Gasteiger partial charge in [-0.05, 0) is 12.5 Å². The zero-order chi connectivity index (χ0) is 13.2. The molecule has 0 amide bonds. The quantitative estimate of drug-likeness (QED) is 0.893. The fourth-order valence-electron chi connectivity index (χ4n) is 2.06. The second-order valence-corrected chi connectivity index (χ2v) is 6.64. The first-order valence-corrected chi connectivity index (χ1v) is 7.59. The Labute approximate surface area is 106 Å². The van der Waals surface area contributed by atoms with Gasteiger partial charge in [0.25, 0.3) is 0 Å². The number of hydrogen-bond donors (Lipinski definition) is 1. The Balaban J connectivity index is 1.99. The van der Waals surface area contributed by atoms with E-state index in [1.807, 2.05) is 0 Å². The average molecular weight is 273 g/mol. The molecule has 1 atom stereocenters. The molecule has 0 radical (unpaired) electrons. The molecule has 1 aromatic carbocycles. The smallest absolute Gasteiger partial charge is 0.169 e. The zero-order valence-electron chi connectivity index (χ0n) is 10.1. The van der Waals surface area contributed by atoms with E-state index in [9.17, 15) is 12.8 Å². The lowest BCUT2D eigenvalue weighted by Gasteiger charge is -2.12. The van der Waals surface area contributed by atoms with Crippen LogP contribution in [-0.4, -0.2) is 33.1 Å². The van der Waals surface area contributed by atoms with Crippen LogP contribution in [0, 0.1) is 5.82 Å². The van der Waals surface area contributed by atoms with Crippen LogP contribution in [0.2, 0.25) is 0 Å². The van der Waals surface area contributed by atoms with Gasteiger partial charge in [0.2, 0.25) is 0 Å². The highest BCUT2D eigenvalue weighted by molar-refractivity contribution is 7.91. The van der Waals surface area contributed by atoms with Crippen molar-refractivity contribution in [2.24, 2.45) is 0 Å². The van der Waals surface area contributed by atoms with Gasteiger partial charge < -0.3 is 10.1 Å². The Morgan fingerprint density at radius 1 is 1.50 bits per heavy atom. The van der Waals surface area contributed by atoms with Gasteiger partial charge in [-0.15, -0.1) is 0 Å². The molecule has 1 heterocycles. The van der Waals surface area contributed by atoms with Crippen molar-refractivity contribution in [2.45, 2.75) is 19.0 Å². The van der Waals surface area contributed by atoms with E-state index in [-0.39, 0.29) is 23.3 Å². The van der Waals surface area contributed by atoms with Crippen molar-refractivity contribution >= 4 is 9.84 Å². The van der Waals surface area contributed by atoms with Gasteiger partial charge in [-0.25, -0.2) is 12.8 Å². The molecule has 1 N–H and O–H groups in total. The molecule has 2 rings (SSSR count). The summed E-state index contributed by atoms with van der Waals surface area (Å²) in [5.74, 6) is 0.158. The first-order chi connectivity index (χ1) is 8.52. The number of hydrogen-bond acceptors (Lipinski definition) is 4. The summed E-state index contributed by atoms with van der Waals surface area (Å²) in [4.78, 5) is 0. The Hall–Kier alpha value is -1.14. The van der Waals surface area contributed by atoms with Gasteiger partial charge in [0.1, 0.15) is 0 Å². The topological polar surface area (TPSA) is 55.4 Å². The molecule has 18 heavy (non-hydrogen) atoms. The van der Waals surface area contributed by atoms with Crippen molar-refractivity contribution in [1.29, 1.82) is 0 Å². The minimum absolute atomic E-state index is 0.0828. The summed E-state index contributed by atoms with van der Waals surface area (Å²) >= 11 is 0. The van der Waals surface area contributed by atoms with E-state index >= 15 is 0 Å². The second-order valence-electron chi connectivity index (χ2n) is 4.41. The maximum Gasteiger partial charge on any atom is 0.169 e. The van der Waals surface area contributed by atoms with Crippen LogP contribution < -0.4 is 10.1 Å². The van der Waals surface area contributed by atoms with E-state index in [0.29, 0.717) is 18.5 Å². The highest BCUT2D eigenvalue weighted by Gasteiger charge is 2.27. The predicted molar refractivity (Wildman–Crippen MR) is 66.9 cm³/mol. The van der Waals surface area contributed by atoms with Crippen LogP contribution in [0.3, 0.4) is 0 Å². The highest BCUT2D eigenvalue weighted by atomic mass is 32.2. The second kappa shape index (κ2) is 5.24. The Bertz CT molecular complexity index is 530. The number of ether oxygens (including phenoxy) is 1. The average Bonchev–Trinajstić information content (AvgIpc) is 2.68. The summed E-state index contributed by atoms with van der Waals surface area (Å²) < 4.78 is 41.3. The molecule has 1 aliphatic heterocycles. The van der Waals surface area contributed by atoms with Crippen molar-refractivity contribution in [3.63, 3.8) is 0 Å². The van der Waals surface area contributed by atoms with Gasteiger partial charge in [0, 0.05) is 18.2 Å². The molecule has 0 saturated carbocycles. The number of methoxy groups -OCH3 is 1. The van der Waals surface area contributed by atoms with E-state index in [2.05, 4.69) is 5.32 Å². The molecule has 0 aromatic heterocycles. The molecular weight excluding hydrogens is 257 g/mol. The maximum absolute atomic E-state index is 13.8. The number of rotatable bonds is 4. The number of nitrogens with one attached hydrogen (secondary N) is 1. The van der Waals surface area contributed by atoms with Crippen molar-refractivity contribution in [2.75, 3.05) is 18.6 Å². The van der Waals surface area contributed by atoms with Crippen LogP contribution >= 0.6 is 0 Å². The lowest BCUT2D eigenvalue weighted by Crippen LogP contribution is -2.29. The van der Waals surface area contributed by atoms with E-state index in [1.165, 1.54) is 7.11 Å². The zero-order valence-corrected chi connectivity index (χ0v) is 11.0. The highest BCUT2D eigenvalue weighted by Crippen LogP contribution is 2.20. The van der Waals surface area contributed by atoms with Crippen molar-refractivity contribution in [1.82, 2.24) is 5.32 Å². The SMILES string of the molecule is COc1cccc(CNC2CCS(=O)(=O)C2)c1F. The van der Waals surface area contributed by atoms with Gasteiger partial charge in [0.05, 0.1) is 18.6 Å². The Kier molecular flexibility index (Phi) is 3.87. The van der Waals surface area contributed by atoms with Gasteiger partial charge >= 0.3 is 0 Å². The van der Waals surface area contributed by atoms with Gasteiger partial charge in [-0.1, -0.05) is 12.1 Å². The summed E-state index contributed by atoms with van der Waals surface area (Å²) in [5.41, 5.74) is 0.485. The number of sulfone groups is 1. The fourth-order valence-corrected chi connectivity index (χ4v) is 3.77. The standard InChI is InChI=1S/C12H16FNO3S/c1-17-11-4-2-3-9(12(11)13)7-14-10-5-6-18(15,16)8-10/h2-4,10,14H,5-8H2,1H3. The molecule has 6 heteroatoms. The fraction of sp³-hybridized carbons (Fsp3) is 0.500. The van der Waals surface area contributed by atoms with Gasteiger partial charge in [-0.3, -0.25) is 0 Å². The van der Waals surface area contributed by atoms with Crippen LogP contribution in [0.25, 0.3) is 0 Å². The molecule has 1 fully saturated rings. The Morgan fingerprint density at radius 3 is 2.89 bits per heavy atom. The summed E-state index contributed by atoms with van der Waals surface area (Å²) in [5, 5.41) is 3.07. The molecule has 0 aliphatic carbocycles. The molecule has 100 valence electrons. The molecular formula is C12H16FNO3S. The number of halogens is 1. The Morgan fingerprint density at radius 2 is 2.28 bits per heavy atom. The first-order valence-electron chi connectivity index (χ1n) is 5.77.